The minimum Gasteiger partial charge on any atom is -0.309 e. The minimum absolute atomic E-state index is 0.00559. The van der Waals surface area contributed by atoms with Gasteiger partial charge in [-0.05, 0) is 18.3 Å². The van der Waals surface area contributed by atoms with Crippen LogP contribution in [0, 0.1) is 11.3 Å². The molecule has 19 heavy (non-hydrogen) atoms. The van der Waals surface area contributed by atoms with Gasteiger partial charge in [0.05, 0.1) is 0 Å². The lowest BCUT2D eigenvalue weighted by atomic mass is 9.68. The molecule has 2 rings (SSSR count). The summed E-state index contributed by atoms with van der Waals surface area (Å²) in [5.41, 5.74) is 0.00559. The Hall–Kier alpha value is -0.870. The van der Waals surface area contributed by atoms with Gasteiger partial charge in [-0.15, -0.1) is 0 Å². The molecule has 0 aromatic carbocycles. The molecule has 0 spiro atoms. The number of nitrogens with one attached hydrogen (secondary N) is 1. The summed E-state index contributed by atoms with van der Waals surface area (Å²) in [5, 5.41) is 3.10. The molecule has 0 aliphatic heterocycles. The van der Waals surface area contributed by atoms with Crippen molar-refractivity contribution >= 4 is 34.9 Å². The van der Waals surface area contributed by atoms with Crippen molar-refractivity contribution in [2.45, 2.75) is 39.5 Å². The van der Waals surface area contributed by atoms with Crippen LogP contribution in [0.1, 0.15) is 39.5 Å². The van der Waals surface area contributed by atoms with E-state index >= 15 is 0 Å². The van der Waals surface area contributed by atoms with E-state index in [1.165, 1.54) is 12.7 Å². The molecule has 6 heteroatoms. The van der Waals surface area contributed by atoms with Crippen molar-refractivity contribution in [2.75, 3.05) is 5.32 Å². The standard InChI is InChI=1S/C13H17Cl2N3O/c1-13(2)6-4-3-5-8(13)12(19)18-11-9(14)10(15)16-7-17-11/h7-8H,3-6H2,1-2H3,(H,16,17,18,19). The van der Waals surface area contributed by atoms with Crippen molar-refractivity contribution in [3.8, 4) is 0 Å². The van der Waals surface area contributed by atoms with Crippen LogP contribution >= 0.6 is 23.2 Å². The maximum atomic E-state index is 12.4. The summed E-state index contributed by atoms with van der Waals surface area (Å²) in [5.74, 6) is 0.223. The Labute approximate surface area is 122 Å². The zero-order valence-corrected chi connectivity index (χ0v) is 12.6. The third-order valence-electron chi connectivity index (χ3n) is 3.81. The molecule has 0 bridgehead atoms. The fourth-order valence-electron chi connectivity index (χ4n) is 2.62. The van der Waals surface area contributed by atoms with Gasteiger partial charge in [-0.2, -0.15) is 0 Å². The first kappa shape index (κ1) is 14.5. The van der Waals surface area contributed by atoms with E-state index in [2.05, 4.69) is 29.1 Å². The number of hydrogen-bond donors (Lipinski definition) is 1. The number of nitrogens with zero attached hydrogens (tertiary/aromatic N) is 2. The van der Waals surface area contributed by atoms with Crippen LogP contribution in [0.25, 0.3) is 0 Å². The lowest BCUT2D eigenvalue weighted by Crippen LogP contribution is -2.37. The largest absolute Gasteiger partial charge is 0.309 e. The highest BCUT2D eigenvalue weighted by Gasteiger charge is 2.37. The molecule has 1 N–H and O–H groups in total. The Bertz CT molecular complexity index is 491. The summed E-state index contributed by atoms with van der Waals surface area (Å²) in [6.45, 7) is 4.26. The average Bonchev–Trinajstić information content (AvgIpc) is 2.34. The number of halogens is 2. The normalized spacial score (nSPS) is 22.0. The molecule has 1 aliphatic carbocycles. The van der Waals surface area contributed by atoms with Gasteiger partial charge in [0.2, 0.25) is 5.91 Å². The Kier molecular flexibility index (Phi) is 4.31. The summed E-state index contributed by atoms with van der Waals surface area (Å²) in [7, 11) is 0. The highest BCUT2D eigenvalue weighted by Crippen LogP contribution is 2.41. The quantitative estimate of drug-likeness (QED) is 0.842. The molecule has 1 aromatic heterocycles. The topological polar surface area (TPSA) is 54.9 Å². The molecule has 1 saturated carbocycles. The van der Waals surface area contributed by atoms with Crippen molar-refractivity contribution in [2.24, 2.45) is 11.3 Å². The third-order valence-corrected chi connectivity index (χ3v) is 4.55. The van der Waals surface area contributed by atoms with E-state index in [1.54, 1.807) is 0 Å². The fourth-order valence-corrected chi connectivity index (χ4v) is 2.90. The fraction of sp³-hybridized carbons (Fsp3) is 0.615. The van der Waals surface area contributed by atoms with Crippen molar-refractivity contribution in [3.05, 3.63) is 16.5 Å². The summed E-state index contributed by atoms with van der Waals surface area (Å²) in [4.78, 5) is 20.1. The van der Waals surface area contributed by atoms with Crippen LogP contribution in [-0.4, -0.2) is 15.9 Å². The molecule has 1 amide bonds. The van der Waals surface area contributed by atoms with Crippen LogP contribution in [0.3, 0.4) is 0 Å². The van der Waals surface area contributed by atoms with Gasteiger partial charge >= 0.3 is 0 Å². The molecule has 4 nitrogen and oxygen atoms in total. The highest BCUT2D eigenvalue weighted by atomic mass is 35.5. The second-order valence-electron chi connectivity index (χ2n) is 5.60. The molecule has 1 aromatic rings. The Morgan fingerprint density at radius 3 is 2.79 bits per heavy atom. The molecule has 1 atom stereocenters. The van der Waals surface area contributed by atoms with Crippen molar-refractivity contribution < 1.29 is 4.79 Å². The lowest BCUT2D eigenvalue weighted by molar-refractivity contribution is -0.124. The number of aromatic nitrogens is 2. The van der Waals surface area contributed by atoms with Crippen LogP contribution in [0.2, 0.25) is 10.2 Å². The first-order valence-electron chi connectivity index (χ1n) is 6.38. The Morgan fingerprint density at radius 2 is 2.11 bits per heavy atom. The van der Waals surface area contributed by atoms with Gasteiger partial charge in [0.15, 0.2) is 11.0 Å². The van der Waals surface area contributed by atoms with Gasteiger partial charge in [0.1, 0.15) is 11.3 Å². The molecule has 104 valence electrons. The van der Waals surface area contributed by atoms with Crippen LogP contribution < -0.4 is 5.32 Å². The Morgan fingerprint density at radius 1 is 1.37 bits per heavy atom. The van der Waals surface area contributed by atoms with Crippen molar-refractivity contribution in [1.82, 2.24) is 9.97 Å². The zero-order valence-electron chi connectivity index (χ0n) is 11.0. The maximum Gasteiger partial charge on any atom is 0.229 e. The summed E-state index contributed by atoms with van der Waals surface area (Å²) < 4.78 is 0. The summed E-state index contributed by atoms with van der Waals surface area (Å²) >= 11 is 11.8. The number of anilines is 1. The second kappa shape index (κ2) is 5.63. The van der Waals surface area contributed by atoms with E-state index in [0.717, 1.165) is 19.3 Å². The van der Waals surface area contributed by atoms with E-state index in [0.29, 0.717) is 0 Å². The molecule has 1 aliphatic rings. The predicted octanol–water partition coefficient (Wildman–Crippen LogP) is 3.94. The monoisotopic (exact) mass is 301 g/mol. The van der Waals surface area contributed by atoms with Gasteiger partial charge in [-0.1, -0.05) is 49.9 Å². The lowest BCUT2D eigenvalue weighted by Gasteiger charge is -2.37. The van der Waals surface area contributed by atoms with E-state index in [1.807, 2.05) is 0 Å². The van der Waals surface area contributed by atoms with Gasteiger partial charge in [0, 0.05) is 5.92 Å². The third kappa shape index (κ3) is 3.18. The Balaban J connectivity index is 2.14. The van der Waals surface area contributed by atoms with E-state index in [9.17, 15) is 4.79 Å². The van der Waals surface area contributed by atoms with Gasteiger partial charge in [-0.3, -0.25) is 4.79 Å². The minimum atomic E-state index is -0.0404. The van der Waals surface area contributed by atoms with E-state index in [-0.39, 0.29) is 33.2 Å². The second-order valence-corrected chi connectivity index (χ2v) is 6.34. The molecule has 0 radical (unpaired) electrons. The number of carbonyl (C=O) groups excluding carboxylic acids is 1. The first-order chi connectivity index (χ1) is 8.92. The molecular formula is C13H17Cl2N3O. The molecule has 1 unspecified atom stereocenters. The maximum absolute atomic E-state index is 12.4. The molecule has 1 fully saturated rings. The zero-order chi connectivity index (χ0) is 14.0. The van der Waals surface area contributed by atoms with Crippen LogP contribution in [0.15, 0.2) is 6.33 Å². The predicted molar refractivity (Wildman–Crippen MR) is 76.4 cm³/mol. The van der Waals surface area contributed by atoms with Gasteiger partial charge in [-0.25, -0.2) is 9.97 Å². The SMILES string of the molecule is CC1(C)CCCCC1C(=O)Nc1ncnc(Cl)c1Cl. The van der Waals surface area contributed by atoms with Crippen LogP contribution in [-0.2, 0) is 4.79 Å². The van der Waals surface area contributed by atoms with Crippen molar-refractivity contribution in [1.29, 1.82) is 0 Å². The van der Waals surface area contributed by atoms with E-state index in [4.69, 9.17) is 23.2 Å². The van der Waals surface area contributed by atoms with E-state index < -0.39 is 0 Å². The number of hydrogen-bond acceptors (Lipinski definition) is 3. The number of carbonyl (C=O) groups is 1. The first-order valence-corrected chi connectivity index (χ1v) is 7.14. The number of amides is 1. The van der Waals surface area contributed by atoms with Crippen molar-refractivity contribution in [3.63, 3.8) is 0 Å². The smallest absolute Gasteiger partial charge is 0.229 e. The average molecular weight is 302 g/mol. The van der Waals surface area contributed by atoms with Gasteiger partial charge in [0.25, 0.3) is 0 Å². The summed E-state index contributed by atoms with van der Waals surface area (Å²) in [6, 6.07) is 0. The molecule has 1 heterocycles. The summed E-state index contributed by atoms with van der Waals surface area (Å²) in [6.07, 6.45) is 5.51. The number of rotatable bonds is 2. The highest BCUT2D eigenvalue weighted by molar-refractivity contribution is 6.42. The molecular weight excluding hydrogens is 285 g/mol. The molecule has 0 saturated heterocycles. The van der Waals surface area contributed by atoms with Gasteiger partial charge < -0.3 is 5.32 Å². The van der Waals surface area contributed by atoms with Crippen LogP contribution in [0.5, 0.6) is 0 Å². The van der Waals surface area contributed by atoms with Crippen LogP contribution in [0.4, 0.5) is 5.82 Å².